The maximum atomic E-state index is 6.57. The van der Waals surface area contributed by atoms with Crippen molar-refractivity contribution in [2.24, 2.45) is 11.8 Å². The molecule has 0 N–H and O–H groups in total. The topological polar surface area (TPSA) is 18.5 Å². The average molecular weight is 695 g/mol. The van der Waals surface area contributed by atoms with Crippen LogP contribution in [0.1, 0.15) is 87.8 Å². The Labute approximate surface area is 270 Å². The molecule has 0 spiro atoms. The summed E-state index contributed by atoms with van der Waals surface area (Å²) in [5.74, 6) is 2.57. The number of ether oxygens (including phenoxy) is 2. The van der Waals surface area contributed by atoms with E-state index in [0.717, 1.165) is 28.8 Å². The fourth-order valence-corrected chi connectivity index (χ4v) is 6.31. The quantitative estimate of drug-likeness (QED) is 0.176. The lowest BCUT2D eigenvalue weighted by atomic mass is 9.66. The van der Waals surface area contributed by atoms with Crippen LogP contribution in [0.3, 0.4) is 0 Å². The van der Waals surface area contributed by atoms with Crippen LogP contribution in [-0.2, 0) is 5.41 Å². The Kier molecular flexibility index (Phi) is 10.9. The number of aryl methyl sites for hydroxylation is 2. The molecule has 0 heterocycles. The third-order valence-electron chi connectivity index (χ3n) is 8.78. The highest BCUT2D eigenvalue weighted by Crippen LogP contribution is 2.57. The van der Waals surface area contributed by atoms with Crippen LogP contribution in [0.5, 0.6) is 11.5 Å². The standard InChI is InChI=1S/C38H46Br2O2/c1-9-24(3)22-41-36-18-14-30(20-37(36)42-23-25(4)10-2)38(34-19-26(5)11-12-27(34)6)29(8)32(16-13-28(7)39)33-17-15-31(40)21-35(33)38/h11-21,24-25,28H,9-10,22-23H2,1-8H3/b16-13-. The van der Waals surface area contributed by atoms with E-state index in [1.807, 2.05) is 0 Å². The molecule has 1 aliphatic rings. The molecule has 4 unspecified atom stereocenters. The fraction of sp³-hybridized carbons (Fsp3) is 0.421. The van der Waals surface area contributed by atoms with E-state index < -0.39 is 5.41 Å². The highest BCUT2D eigenvalue weighted by Gasteiger charge is 2.46. The zero-order valence-corrected chi connectivity index (χ0v) is 29.7. The monoisotopic (exact) mass is 692 g/mol. The molecular formula is C38H46Br2O2. The lowest BCUT2D eigenvalue weighted by Gasteiger charge is -2.36. The van der Waals surface area contributed by atoms with Gasteiger partial charge in [-0.25, -0.2) is 0 Å². The second kappa shape index (κ2) is 14.0. The molecule has 2 nitrogen and oxygen atoms in total. The van der Waals surface area contributed by atoms with E-state index in [1.54, 1.807) is 0 Å². The molecule has 4 heteroatoms. The number of allylic oxidation sites excluding steroid dienone is 4. The first-order valence-corrected chi connectivity index (χ1v) is 17.1. The second-order valence-electron chi connectivity index (χ2n) is 12.1. The SMILES string of the molecule is CCC(C)COc1ccc(C2(c3cc(C)ccc3C)C(C)=C(/C=C\C(C)Br)c3ccc(Br)cc32)cc1OCC(C)CC. The van der Waals surface area contributed by atoms with Gasteiger partial charge >= 0.3 is 0 Å². The van der Waals surface area contributed by atoms with Gasteiger partial charge in [0.25, 0.3) is 0 Å². The van der Waals surface area contributed by atoms with E-state index in [2.05, 4.69) is 154 Å². The first-order chi connectivity index (χ1) is 20.0. The predicted molar refractivity (Wildman–Crippen MR) is 186 cm³/mol. The highest BCUT2D eigenvalue weighted by atomic mass is 79.9. The van der Waals surface area contributed by atoms with Crippen molar-refractivity contribution in [1.82, 2.24) is 0 Å². The zero-order chi connectivity index (χ0) is 30.6. The van der Waals surface area contributed by atoms with Gasteiger partial charge in [-0.15, -0.1) is 0 Å². The maximum absolute atomic E-state index is 6.57. The molecule has 4 rings (SSSR count). The normalized spacial score (nSPS) is 18.7. The predicted octanol–water partition coefficient (Wildman–Crippen LogP) is 11.4. The van der Waals surface area contributed by atoms with E-state index >= 15 is 0 Å². The van der Waals surface area contributed by atoms with Crippen molar-refractivity contribution in [2.45, 2.75) is 78.5 Å². The Balaban J connectivity index is 2.05. The van der Waals surface area contributed by atoms with Crippen molar-refractivity contribution in [3.8, 4) is 11.5 Å². The summed E-state index contributed by atoms with van der Waals surface area (Å²) in [6, 6.07) is 20.2. The molecule has 0 amide bonds. The van der Waals surface area contributed by atoms with Crippen molar-refractivity contribution in [3.05, 3.63) is 110 Å². The Bertz CT molecular complexity index is 1470. The average Bonchev–Trinajstić information content (AvgIpc) is 3.21. The van der Waals surface area contributed by atoms with Gasteiger partial charge in [0.2, 0.25) is 0 Å². The van der Waals surface area contributed by atoms with Gasteiger partial charge in [-0.2, -0.15) is 0 Å². The lowest BCUT2D eigenvalue weighted by Crippen LogP contribution is -2.30. The number of alkyl halides is 1. The molecule has 0 bridgehead atoms. The maximum Gasteiger partial charge on any atom is 0.161 e. The number of rotatable bonds is 12. The van der Waals surface area contributed by atoms with Gasteiger partial charge in [-0.1, -0.05) is 120 Å². The van der Waals surface area contributed by atoms with Crippen molar-refractivity contribution in [2.75, 3.05) is 13.2 Å². The van der Waals surface area contributed by atoms with Gasteiger partial charge in [0, 0.05) is 9.30 Å². The number of hydrogen-bond acceptors (Lipinski definition) is 2. The first kappa shape index (κ1) is 32.6. The van der Waals surface area contributed by atoms with Gasteiger partial charge in [-0.3, -0.25) is 0 Å². The Morgan fingerprint density at radius 2 is 1.45 bits per heavy atom. The molecule has 0 aromatic heterocycles. The van der Waals surface area contributed by atoms with Crippen LogP contribution in [0.25, 0.3) is 5.57 Å². The molecule has 0 saturated carbocycles. The molecule has 0 fully saturated rings. The summed E-state index contributed by atoms with van der Waals surface area (Å²) in [6.07, 6.45) is 6.67. The first-order valence-electron chi connectivity index (χ1n) is 15.3. The van der Waals surface area contributed by atoms with Crippen molar-refractivity contribution < 1.29 is 9.47 Å². The fourth-order valence-electron chi connectivity index (χ4n) is 5.80. The third kappa shape index (κ3) is 6.60. The highest BCUT2D eigenvalue weighted by molar-refractivity contribution is 9.10. The number of hydrogen-bond donors (Lipinski definition) is 0. The Morgan fingerprint density at radius 1 is 0.786 bits per heavy atom. The Hall–Kier alpha value is -2.30. The molecule has 0 aliphatic heterocycles. The van der Waals surface area contributed by atoms with Crippen molar-refractivity contribution in [3.63, 3.8) is 0 Å². The van der Waals surface area contributed by atoms with Gasteiger partial charge in [-0.05, 0) is 103 Å². The molecule has 3 aromatic rings. The summed E-state index contributed by atoms with van der Waals surface area (Å²) in [5, 5.41) is 0. The van der Waals surface area contributed by atoms with Crippen LogP contribution in [0.2, 0.25) is 0 Å². The largest absolute Gasteiger partial charge is 0.489 e. The van der Waals surface area contributed by atoms with Gasteiger partial charge < -0.3 is 9.47 Å². The minimum atomic E-state index is -0.492. The van der Waals surface area contributed by atoms with Crippen molar-refractivity contribution >= 4 is 37.4 Å². The van der Waals surface area contributed by atoms with Crippen LogP contribution in [0.15, 0.2) is 76.8 Å². The van der Waals surface area contributed by atoms with Gasteiger partial charge in [0.15, 0.2) is 11.5 Å². The van der Waals surface area contributed by atoms with Gasteiger partial charge in [0.1, 0.15) is 0 Å². The smallest absolute Gasteiger partial charge is 0.161 e. The number of benzene rings is 3. The van der Waals surface area contributed by atoms with Crippen LogP contribution >= 0.6 is 31.9 Å². The molecule has 4 atom stereocenters. The van der Waals surface area contributed by atoms with Crippen LogP contribution in [-0.4, -0.2) is 18.0 Å². The van der Waals surface area contributed by atoms with Crippen LogP contribution < -0.4 is 9.47 Å². The summed E-state index contributed by atoms with van der Waals surface area (Å²) in [6.45, 7) is 19.1. The molecule has 224 valence electrons. The summed E-state index contributed by atoms with van der Waals surface area (Å²) in [5.41, 5.74) is 9.65. The summed E-state index contributed by atoms with van der Waals surface area (Å²) in [4.78, 5) is 0.273. The Morgan fingerprint density at radius 3 is 2.10 bits per heavy atom. The van der Waals surface area contributed by atoms with E-state index in [0.29, 0.717) is 25.0 Å². The lowest BCUT2D eigenvalue weighted by molar-refractivity contribution is 0.217. The molecule has 0 saturated heterocycles. The third-order valence-corrected chi connectivity index (χ3v) is 9.58. The molecular weight excluding hydrogens is 648 g/mol. The van der Waals surface area contributed by atoms with E-state index in [4.69, 9.17) is 9.47 Å². The minimum absolute atomic E-state index is 0.273. The summed E-state index contributed by atoms with van der Waals surface area (Å²) in [7, 11) is 0. The number of fused-ring (bicyclic) bond motifs is 1. The van der Waals surface area contributed by atoms with E-state index in [9.17, 15) is 0 Å². The molecule has 42 heavy (non-hydrogen) atoms. The molecule has 3 aromatic carbocycles. The van der Waals surface area contributed by atoms with Crippen LogP contribution in [0, 0.1) is 25.7 Å². The zero-order valence-electron chi connectivity index (χ0n) is 26.5. The number of halogens is 2. The van der Waals surface area contributed by atoms with E-state index in [-0.39, 0.29) is 4.83 Å². The van der Waals surface area contributed by atoms with Crippen LogP contribution in [0.4, 0.5) is 0 Å². The summed E-state index contributed by atoms with van der Waals surface area (Å²) < 4.78 is 14.0. The second-order valence-corrected chi connectivity index (χ2v) is 14.5. The van der Waals surface area contributed by atoms with E-state index in [1.165, 1.54) is 44.5 Å². The molecule has 1 aliphatic carbocycles. The molecule has 0 radical (unpaired) electrons. The summed E-state index contributed by atoms with van der Waals surface area (Å²) >= 11 is 7.55. The van der Waals surface area contributed by atoms with Crippen molar-refractivity contribution in [1.29, 1.82) is 0 Å². The van der Waals surface area contributed by atoms with Gasteiger partial charge in [0.05, 0.1) is 18.6 Å². The minimum Gasteiger partial charge on any atom is -0.489 e.